The standard InChI is InChI=1S/C17H18FN7O2/c1-3-27-15(26)13-8-14(25-24-13)22-17-20-9-19-16(23-17)21-10(2)11-4-6-12(18)7-5-11/h4-10H,3H2,1-2H3,(H3,19,20,21,22,23,24,25). The van der Waals surface area contributed by atoms with Crippen molar-refractivity contribution in [2.75, 3.05) is 17.2 Å². The third-order valence-electron chi connectivity index (χ3n) is 3.60. The van der Waals surface area contributed by atoms with Gasteiger partial charge in [0.1, 0.15) is 17.8 Å². The number of halogens is 1. The molecule has 27 heavy (non-hydrogen) atoms. The molecule has 0 saturated carbocycles. The summed E-state index contributed by atoms with van der Waals surface area (Å²) in [5, 5.41) is 12.5. The number of ether oxygens (including phenoxy) is 1. The Morgan fingerprint density at radius 1 is 1.26 bits per heavy atom. The number of hydrogen-bond donors (Lipinski definition) is 3. The number of carbonyl (C=O) groups excluding carboxylic acids is 1. The largest absolute Gasteiger partial charge is 0.461 e. The molecule has 3 N–H and O–H groups in total. The third kappa shape index (κ3) is 4.75. The number of hydrogen-bond acceptors (Lipinski definition) is 8. The van der Waals surface area contributed by atoms with E-state index in [1.165, 1.54) is 24.5 Å². The second kappa shape index (κ2) is 8.21. The topological polar surface area (TPSA) is 118 Å². The fourth-order valence-corrected chi connectivity index (χ4v) is 2.27. The third-order valence-corrected chi connectivity index (χ3v) is 3.60. The second-order valence-electron chi connectivity index (χ2n) is 5.56. The molecular formula is C17H18FN7O2. The van der Waals surface area contributed by atoms with Crippen molar-refractivity contribution in [3.05, 3.63) is 53.7 Å². The van der Waals surface area contributed by atoms with Crippen LogP contribution in [0.5, 0.6) is 0 Å². The average molecular weight is 371 g/mol. The Kier molecular flexibility index (Phi) is 5.55. The Bertz CT molecular complexity index is 914. The van der Waals surface area contributed by atoms with Gasteiger partial charge < -0.3 is 15.4 Å². The molecule has 10 heteroatoms. The Balaban J connectivity index is 1.67. The van der Waals surface area contributed by atoms with Crippen LogP contribution in [0.2, 0.25) is 0 Å². The summed E-state index contributed by atoms with van der Waals surface area (Å²) in [5.41, 5.74) is 1.11. The fourth-order valence-electron chi connectivity index (χ4n) is 2.27. The first kappa shape index (κ1) is 18.2. The van der Waals surface area contributed by atoms with Gasteiger partial charge >= 0.3 is 5.97 Å². The smallest absolute Gasteiger partial charge is 0.356 e. The van der Waals surface area contributed by atoms with Crippen LogP contribution in [-0.2, 0) is 4.74 Å². The monoisotopic (exact) mass is 371 g/mol. The first-order valence-corrected chi connectivity index (χ1v) is 8.25. The quantitative estimate of drug-likeness (QED) is 0.543. The normalized spacial score (nSPS) is 11.7. The van der Waals surface area contributed by atoms with E-state index in [9.17, 15) is 9.18 Å². The molecule has 2 heterocycles. The highest BCUT2D eigenvalue weighted by Gasteiger charge is 2.12. The average Bonchev–Trinajstić information content (AvgIpc) is 3.11. The van der Waals surface area contributed by atoms with Crippen LogP contribution < -0.4 is 10.6 Å². The van der Waals surface area contributed by atoms with Gasteiger partial charge in [0, 0.05) is 6.07 Å². The highest BCUT2D eigenvalue weighted by Crippen LogP contribution is 2.18. The summed E-state index contributed by atoms with van der Waals surface area (Å²) in [6.45, 7) is 3.90. The molecule has 140 valence electrons. The first-order valence-electron chi connectivity index (χ1n) is 8.25. The molecule has 0 amide bonds. The molecule has 1 atom stereocenters. The summed E-state index contributed by atoms with van der Waals surface area (Å²) in [5.74, 6) is 0.163. The van der Waals surface area contributed by atoms with Gasteiger partial charge in [0.05, 0.1) is 12.6 Å². The van der Waals surface area contributed by atoms with E-state index in [1.54, 1.807) is 19.1 Å². The molecule has 1 aromatic carbocycles. The molecule has 0 radical (unpaired) electrons. The van der Waals surface area contributed by atoms with Crippen LogP contribution in [0.4, 0.5) is 22.1 Å². The van der Waals surface area contributed by atoms with Gasteiger partial charge in [0.2, 0.25) is 11.9 Å². The highest BCUT2D eigenvalue weighted by atomic mass is 19.1. The summed E-state index contributed by atoms with van der Waals surface area (Å²) in [7, 11) is 0. The molecule has 0 spiro atoms. The molecule has 2 aromatic heterocycles. The number of esters is 1. The Morgan fingerprint density at radius 3 is 2.74 bits per heavy atom. The zero-order chi connectivity index (χ0) is 19.2. The van der Waals surface area contributed by atoms with E-state index in [4.69, 9.17) is 4.74 Å². The Morgan fingerprint density at radius 2 is 2.00 bits per heavy atom. The number of rotatable bonds is 7. The van der Waals surface area contributed by atoms with Crippen LogP contribution in [-0.4, -0.2) is 37.7 Å². The van der Waals surface area contributed by atoms with Crippen LogP contribution in [0, 0.1) is 5.82 Å². The maximum absolute atomic E-state index is 13.0. The minimum atomic E-state index is -0.496. The minimum Gasteiger partial charge on any atom is -0.461 e. The van der Waals surface area contributed by atoms with Gasteiger partial charge in [-0.25, -0.2) is 19.2 Å². The number of H-pyrrole nitrogens is 1. The van der Waals surface area contributed by atoms with E-state index >= 15 is 0 Å². The number of anilines is 3. The molecule has 0 aliphatic heterocycles. The van der Waals surface area contributed by atoms with E-state index < -0.39 is 5.97 Å². The van der Waals surface area contributed by atoms with E-state index in [2.05, 4.69) is 35.8 Å². The van der Waals surface area contributed by atoms with Gasteiger partial charge in [-0.2, -0.15) is 10.1 Å². The molecule has 0 aliphatic carbocycles. The second-order valence-corrected chi connectivity index (χ2v) is 5.56. The van der Waals surface area contributed by atoms with Crippen molar-refractivity contribution < 1.29 is 13.9 Å². The van der Waals surface area contributed by atoms with E-state index in [1.807, 2.05) is 6.92 Å². The molecule has 0 aliphatic rings. The van der Waals surface area contributed by atoms with Gasteiger partial charge in [-0.15, -0.1) is 0 Å². The summed E-state index contributed by atoms with van der Waals surface area (Å²) < 4.78 is 17.9. The number of benzene rings is 1. The molecule has 0 saturated heterocycles. The predicted octanol–water partition coefficient (Wildman–Crippen LogP) is 2.83. The molecule has 3 rings (SSSR count). The fraction of sp³-hybridized carbons (Fsp3) is 0.235. The first-order chi connectivity index (χ1) is 13.0. The van der Waals surface area contributed by atoms with Crippen LogP contribution in [0.3, 0.4) is 0 Å². The number of aromatic nitrogens is 5. The molecule has 9 nitrogen and oxygen atoms in total. The molecule has 0 fully saturated rings. The maximum Gasteiger partial charge on any atom is 0.356 e. The van der Waals surface area contributed by atoms with Gasteiger partial charge in [0.25, 0.3) is 0 Å². The maximum atomic E-state index is 13.0. The van der Waals surface area contributed by atoms with Crippen molar-refractivity contribution in [2.24, 2.45) is 0 Å². The van der Waals surface area contributed by atoms with Gasteiger partial charge in [-0.05, 0) is 31.5 Å². The van der Waals surface area contributed by atoms with Gasteiger partial charge in [-0.1, -0.05) is 12.1 Å². The van der Waals surface area contributed by atoms with Gasteiger partial charge in [0.15, 0.2) is 5.82 Å². The summed E-state index contributed by atoms with van der Waals surface area (Å²) in [4.78, 5) is 24.0. The molecule has 0 bridgehead atoms. The number of nitrogens with one attached hydrogen (secondary N) is 3. The van der Waals surface area contributed by atoms with E-state index in [0.717, 1.165) is 5.56 Å². The molecular weight excluding hydrogens is 353 g/mol. The lowest BCUT2D eigenvalue weighted by atomic mass is 10.1. The van der Waals surface area contributed by atoms with Crippen molar-refractivity contribution in [3.8, 4) is 0 Å². The number of nitrogens with zero attached hydrogens (tertiary/aromatic N) is 4. The van der Waals surface area contributed by atoms with Gasteiger partial charge in [-0.3, -0.25) is 5.10 Å². The van der Waals surface area contributed by atoms with Crippen LogP contribution >= 0.6 is 0 Å². The predicted molar refractivity (Wildman–Crippen MR) is 96.1 cm³/mol. The molecule has 3 aromatic rings. The van der Waals surface area contributed by atoms with Crippen molar-refractivity contribution in [1.82, 2.24) is 25.1 Å². The number of carbonyl (C=O) groups is 1. The lowest BCUT2D eigenvalue weighted by molar-refractivity contribution is 0.0519. The van der Waals surface area contributed by atoms with E-state index in [-0.39, 0.29) is 30.1 Å². The summed E-state index contributed by atoms with van der Waals surface area (Å²) in [6.07, 6.45) is 1.34. The van der Waals surface area contributed by atoms with E-state index in [0.29, 0.717) is 11.8 Å². The van der Waals surface area contributed by atoms with Crippen molar-refractivity contribution in [2.45, 2.75) is 19.9 Å². The van der Waals surface area contributed by atoms with Crippen molar-refractivity contribution in [3.63, 3.8) is 0 Å². The van der Waals surface area contributed by atoms with Crippen molar-refractivity contribution >= 4 is 23.7 Å². The van der Waals surface area contributed by atoms with Crippen LogP contribution in [0.15, 0.2) is 36.7 Å². The lowest BCUT2D eigenvalue weighted by Crippen LogP contribution is -2.11. The summed E-state index contributed by atoms with van der Waals surface area (Å²) in [6, 6.07) is 7.53. The van der Waals surface area contributed by atoms with Crippen LogP contribution in [0.25, 0.3) is 0 Å². The highest BCUT2D eigenvalue weighted by molar-refractivity contribution is 5.88. The van der Waals surface area contributed by atoms with Crippen LogP contribution in [0.1, 0.15) is 35.9 Å². The summed E-state index contributed by atoms with van der Waals surface area (Å²) >= 11 is 0. The Labute approximate surface area is 154 Å². The molecule has 1 unspecified atom stereocenters. The zero-order valence-electron chi connectivity index (χ0n) is 14.7. The SMILES string of the molecule is CCOC(=O)c1cc(Nc2ncnc(NC(C)c3ccc(F)cc3)n2)n[nH]1. The van der Waals surface area contributed by atoms with Crippen molar-refractivity contribution in [1.29, 1.82) is 0 Å². The number of aromatic amines is 1. The minimum absolute atomic E-state index is 0.137. The lowest BCUT2D eigenvalue weighted by Gasteiger charge is -2.14. The Hall–Kier alpha value is -3.56. The zero-order valence-corrected chi connectivity index (χ0v) is 14.7.